The molecule has 0 radical (unpaired) electrons. The average Bonchev–Trinajstić information content (AvgIpc) is 3.05. The highest BCUT2D eigenvalue weighted by atomic mass is 15.3. The van der Waals surface area contributed by atoms with Gasteiger partial charge in [-0.1, -0.05) is 0 Å². The maximum absolute atomic E-state index is 4.51. The van der Waals surface area contributed by atoms with Gasteiger partial charge in [-0.2, -0.15) is 5.10 Å². The summed E-state index contributed by atoms with van der Waals surface area (Å²) in [6.45, 7) is 2.05. The smallest absolute Gasteiger partial charge is 0.179 e. The second-order valence-electron chi connectivity index (χ2n) is 4.10. The Kier molecular flexibility index (Phi) is 2.47. The van der Waals surface area contributed by atoms with Gasteiger partial charge in [-0.05, 0) is 25.1 Å². The van der Waals surface area contributed by atoms with Gasteiger partial charge in [-0.25, -0.2) is 9.97 Å². The van der Waals surface area contributed by atoms with Crippen molar-refractivity contribution in [3.8, 4) is 0 Å². The zero-order valence-electron chi connectivity index (χ0n) is 10.3. The van der Waals surface area contributed by atoms with Crippen LogP contribution in [0.5, 0.6) is 0 Å². The molecule has 0 aromatic carbocycles. The minimum atomic E-state index is 0.0623. The lowest BCUT2D eigenvalue weighted by molar-refractivity contribution is 0.542. The number of fused-ring (bicyclic) bond motifs is 1. The molecule has 0 aliphatic heterocycles. The summed E-state index contributed by atoms with van der Waals surface area (Å²) in [5.41, 5.74) is 1.65. The summed E-state index contributed by atoms with van der Waals surface area (Å²) in [4.78, 5) is 12.2. The van der Waals surface area contributed by atoms with E-state index in [1.165, 1.54) is 0 Å². The zero-order chi connectivity index (χ0) is 12.5. The minimum absolute atomic E-state index is 0.0623. The number of H-pyrrole nitrogens is 1. The Morgan fingerprint density at radius 2 is 2.22 bits per heavy atom. The molecule has 3 rings (SSSR count). The molecule has 3 heterocycles. The number of anilines is 1. The maximum atomic E-state index is 4.51. The van der Waals surface area contributed by atoms with Crippen LogP contribution in [0.2, 0.25) is 0 Å². The van der Waals surface area contributed by atoms with Crippen LogP contribution < -0.4 is 5.32 Å². The van der Waals surface area contributed by atoms with Crippen molar-refractivity contribution < 1.29 is 0 Å². The molecule has 92 valence electrons. The molecule has 3 aromatic heterocycles. The van der Waals surface area contributed by atoms with Crippen LogP contribution in [0.4, 0.5) is 5.82 Å². The molecular formula is C12H14N6. The van der Waals surface area contributed by atoms with Crippen LogP contribution in [0, 0.1) is 0 Å². The van der Waals surface area contributed by atoms with Gasteiger partial charge < -0.3 is 10.3 Å². The van der Waals surface area contributed by atoms with Gasteiger partial charge in [0.25, 0.3) is 0 Å². The molecule has 0 aliphatic carbocycles. The molecule has 3 aromatic rings. The third-order valence-electron chi connectivity index (χ3n) is 2.94. The molecule has 18 heavy (non-hydrogen) atoms. The van der Waals surface area contributed by atoms with Gasteiger partial charge in [-0.3, -0.25) is 4.68 Å². The van der Waals surface area contributed by atoms with E-state index in [1.807, 2.05) is 43.0 Å². The van der Waals surface area contributed by atoms with Gasteiger partial charge in [0.2, 0.25) is 0 Å². The lowest BCUT2D eigenvalue weighted by Gasteiger charge is -2.07. The van der Waals surface area contributed by atoms with Crippen LogP contribution in [0.25, 0.3) is 11.2 Å². The number of nitrogens with one attached hydrogen (secondary N) is 2. The lowest BCUT2D eigenvalue weighted by atomic mass is 10.3. The van der Waals surface area contributed by atoms with E-state index in [9.17, 15) is 0 Å². The first-order chi connectivity index (χ1) is 8.78. The van der Waals surface area contributed by atoms with Gasteiger partial charge in [0.15, 0.2) is 5.65 Å². The molecule has 6 nitrogen and oxygen atoms in total. The number of aromatic nitrogens is 5. The van der Waals surface area contributed by atoms with Gasteiger partial charge in [0.05, 0.1) is 5.52 Å². The standard InChI is InChI=1S/C12H14N6/c1-8(18-7-3-6-14-18)11-15-9-4-5-10(13-2)16-12(9)17-11/h3-8H,1-2H3,(H2,13,15,16,17). The number of hydrogen-bond acceptors (Lipinski definition) is 4. The molecule has 1 atom stereocenters. The first-order valence-electron chi connectivity index (χ1n) is 5.81. The summed E-state index contributed by atoms with van der Waals surface area (Å²) in [5.74, 6) is 1.67. The fourth-order valence-corrected chi connectivity index (χ4v) is 1.88. The predicted octanol–water partition coefficient (Wildman–Crippen LogP) is 1.81. The van der Waals surface area contributed by atoms with E-state index in [0.717, 1.165) is 22.8 Å². The van der Waals surface area contributed by atoms with Crippen molar-refractivity contribution >= 4 is 17.0 Å². The number of rotatable bonds is 3. The molecule has 0 fully saturated rings. The molecule has 2 N–H and O–H groups in total. The van der Waals surface area contributed by atoms with Crippen molar-refractivity contribution in [2.45, 2.75) is 13.0 Å². The van der Waals surface area contributed by atoms with Crippen molar-refractivity contribution in [1.82, 2.24) is 24.7 Å². The van der Waals surface area contributed by atoms with E-state index in [4.69, 9.17) is 0 Å². The Bertz CT molecular complexity index is 654. The van der Waals surface area contributed by atoms with Crippen LogP contribution in [-0.4, -0.2) is 31.8 Å². The van der Waals surface area contributed by atoms with E-state index in [-0.39, 0.29) is 6.04 Å². The Hall–Kier alpha value is -2.37. The molecular weight excluding hydrogens is 228 g/mol. The fraction of sp³-hybridized carbons (Fsp3) is 0.250. The van der Waals surface area contributed by atoms with Crippen molar-refractivity contribution in [3.63, 3.8) is 0 Å². The zero-order valence-corrected chi connectivity index (χ0v) is 10.3. The number of aromatic amines is 1. The first kappa shape index (κ1) is 10.8. The van der Waals surface area contributed by atoms with Gasteiger partial charge in [-0.15, -0.1) is 0 Å². The molecule has 1 unspecified atom stereocenters. The quantitative estimate of drug-likeness (QED) is 0.734. The number of imidazole rings is 1. The molecule has 0 bridgehead atoms. The fourth-order valence-electron chi connectivity index (χ4n) is 1.88. The third-order valence-corrected chi connectivity index (χ3v) is 2.94. The van der Waals surface area contributed by atoms with Crippen LogP contribution in [0.15, 0.2) is 30.6 Å². The summed E-state index contributed by atoms with van der Waals surface area (Å²) < 4.78 is 1.86. The van der Waals surface area contributed by atoms with E-state index < -0.39 is 0 Å². The van der Waals surface area contributed by atoms with Crippen LogP contribution in [-0.2, 0) is 0 Å². The summed E-state index contributed by atoms with van der Waals surface area (Å²) >= 11 is 0. The third kappa shape index (κ3) is 1.71. The topological polar surface area (TPSA) is 71.4 Å². The summed E-state index contributed by atoms with van der Waals surface area (Å²) in [6.07, 6.45) is 3.68. The minimum Gasteiger partial charge on any atom is -0.373 e. The number of hydrogen-bond donors (Lipinski definition) is 2. The Labute approximate surface area is 104 Å². The SMILES string of the molecule is CNc1ccc2[nH]c(C(C)n3cccn3)nc2n1. The van der Waals surface area contributed by atoms with E-state index >= 15 is 0 Å². The Morgan fingerprint density at radius 1 is 1.33 bits per heavy atom. The highest BCUT2D eigenvalue weighted by molar-refractivity contribution is 5.72. The van der Waals surface area contributed by atoms with Gasteiger partial charge in [0.1, 0.15) is 17.7 Å². The van der Waals surface area contributed by atoms with Crippen LogP contribution in [0.3, 0.4) is 0 Å². The van der Waals surface area contributed by atoms with Gasteiger partial charge in [0, 0.05) is 19.4 Å². The van der Waals surface area contributed by atoms with Crippen LogP contribution >= 0.6 is 0 Å². The normalized spacial score (nSPS) is 12.8. The second kappa shape index (κ2) is 4.14. The highest BCUT2D eigenvalue weighted by Crippen LogP contribution is 2.18. The number of pyridine rings is 1. The molecule has 0 spiro atoms. The van der Waals surface area contributed by atoms with E-state index in [2.05, 4.69) is 25.4 Å². The summed E-state index contributed by atoms with van der Waals surface area (Å²) in [7, 11) is 1.84. The molecule has 0 aliphatic rings. The molecule has 0 amide bonds. The molecule has 6 heteroatoms. The lowest BCUT2D eigenvalue weighted by Crippen LogP contribution is -2.08. The van der Waals surface area contributed by atoms with Crippen molar-refractivity contribution in [1.29, 1.82) is 0 Å². The monoisotopic (exact) mass is 242 g/mol. The van der Waals surface area contributed by atoms with Crippen molar-refractivity contribution in [2.24, 2.45) is 0 Å². The molecule has 0 saturated heterocycles. The second-order valence-corrected chi connectivity index (χ2v) is 4.10. The molecule has 0 saturated carbocycles. The van der Waals surface area contributed by atoms with Crippen molar-refractivity contribution in [2.75, 3.05) is 12.4 Å². The predicted molar refractivity (Wildman–Crippen MR) is 69.5 cm³/mol. The van der Waals surface area contributed by atoms with E-state index in [1.54, 1.807) is 6.20 Å². The largest absolute Gasteiger partial charge is 0.373 e. The average molecular weight is 242 g/mol. The Balaban J connectivity index is 2.03. The van der Waals surface area contributed by atoms with Crippen LogP contribution in [0.1, 0.15) is 18.8 Å². The summed E-state index contributed by atoms with van der Waals surface area (Å²) in [6, 6.07) is 5.85. The maximum Gasteiger partial charge on any atom is 0.179 e. The summed E-state index contributed by atoms with van der Waals surface area (Å²) in [5, 5.41) is 7.22. The first-order valence-corrected chi connectivity index (χ1v) is 5.81. The van der Waals surface area contributed by atoms with Gasteiger partial charge >= 0.3 is 0 Å². The Morgan fingerprint density at radius 3 is 2.94 bits per heavy atom. The van der Waals surface area contributed by atoms with Crippen molar-refractivity contribution in [3.05, 3.63) is 36.4 Å². The van der Waals surface area contributed by atoms with E-state index in [0.29, 0.717) is 0 Å². The number of nitrogens with zero attached hydrogens (tertiary/aromatic N) is 4. The highest BCUT2D eigenvalue weighted by Gasteiger charge is 2.13.